The standard InChI is InChI=1S/C36H48FN5O7S/c1-22-8-6-7-9-25-19-36(25,34(45)40-50(46,47)35(21-37)12-13-35)39-32(44)29-18-27(20-42(29)31(43)15-23(2)14-22)49-33-28-11-10-26(48-5)16-24(28)17-30(38-33)41(3)4/h7,9-11,16-17,22-23,25,27,29H,6,8,12-15,18-21H2,1-5H3,(H,39,44)(H,40,45)/b9-7-/t22-,23-,25-,27-,29+,36-/m1/s1. The van der Waals surface area contributed by atoms with Crippen LogP contribution >= 0.6 is 0 Å². The summed E-state index contributed by atoms with van der Waals surface area (Å²) in [5.41, 5.74) is -1.54. The van der Waals surface area contributed by atoms with E-state index in [1.54, 1.807) is 7.11 Å². The summed E-state index contributed by atoms with van der Waals surface area (Å²) in [6.45, 7) is 3.22. The van der Waals surface area contributed by atoms with Gasteiger partial charge in [0.2, 0.25) is 27.7 Å². The Morgan fingerprint density at radius 3 is 2.60 bits per heavy atom. The number of hydrogen-bond acceptors (Lipinski definition) is 9. The predicted octanol–water partition coefficient (Wildman–Crippen LogP) is 3.88. The fourth-order valence-corrected chi connectivity index (χ4v) is 8.79. The van der Waals surface area contributed by atoms with Crippen molar-refractivity contribution in [1.29, 1.82) is 0 Å². The molecule has 2 aliphatic carbocycles. The summed E-state index contributed by atoms with van der Waals surface area (Å²) in [6.07, 6.45) is 6.50. The van der Waals surface area contributed by atoms with Crippen molar-refractivity contribution >= 4 is 44.3 Å². The summed E-state index contributed by atoms with van der Waals surface area (Å²) in [5, 5.41) is 4.45. The number of allylic oxidation sites excluding steroid dienone is 1. The van der Waals surface area contributed by atoms with Gasteiger partial charge in [0.1, 0.15) is 40.7 Å². The molecule has 2 N–H and O–H groups in total. The highest BCUT2D eigenvalue weighted by Gasteiger charge is 2.64. The van der Waals surface area contributed by atoms with Gasteiger partial charge in [-0.25, -0.2) is 12.8 Å². The van der Waals surface area contributed by atoms with Gasteiger partial charge in [-0.2, -0.15) is 4.98 Å². The first-order chi connectivity index (χ1) is 23.7. The number of alkyl halides is 1. The highest BCUT2D eigenvalue weighted by molar-refractivity contribution is 7.91. The number of hydrogen-bond donors (Lipinski definition) is 2. The molecule has 2 aromatic rings. The van der Waals surface area contributed by atoms with Gasteiger partial charge in [-0.15, -0.1) is 0 Å². The Kier molecular flexibility index (Phi) is 9.79. The fraction of sp³-hybridized carbons (Fsp3) is 0.611. The number of carbonyl (C=O) groups is 3. The predicted molar refractivity (Wildman–Crippen MR) is 187 cm³/mol. The second kappa shape index (κ2) is 13.6. The third-order valence-corrected chi connectivity index (χ3v) is 12.9. The van der Waals surface area contributed by atoms with Crippen LogP contribution in [0.25, 0.3) is 10.8 Å². The molecule has 0 radical (unpaired) electrons. The van der Waals surface area contributed by atoms with Crippen LogP contribution in [0, 0.1) is 17.8 Å². The summed E-state index contributed by atoms with van der Waals surface area (Å²) in [6, 6.07) is 6.51. The van der Waals surface area contributed by atoms with E-state index in [0.717, 1.165) is 30.0 Å². The number of rotatable bonds is 8. The molecule has 0 unspecified atom stereocenters. The molecule has 3 heterocycles. The lowest BCUT2D eigenvalue weighted by atomic mass is 9.91. The van der Waals surface area contributed by atoms with Crippen LogP contribution in [0.2, 0.25) is 0 Å². The average molecular weight is 714 g/mol. The van der Waals surface area contributed by atoms with Gasteiger partial charge in [-0.1, -0.05) is 26.0 Å². The third-order valence-electron chi connectivity index (χ3n) is 10.7. The zero-order valence-corrected chi connectivity index (χ0v) is 30.2. The Balaban J connectivity index is 1.30. The van der Waals surface area contributed by atoms with E-state index in [-0.39, 0.29) is 50.5 Å². The lowest BCUT2D eigenvalue weighted by Crippen LogP contribution is -2.57. The highest BCUT2D eigenvalue weighted by atomic mass is 32.2. The lowest BCUT2D eigenvalue weighted by Gasteiger charge is -2.28. The molecule has 50 heavy (non-hydrogen) atoms. The van der Waals surface area contributed by atoms with Crippen LogP contribution in [-0.2, 0) is 24.4 Å². The molecule has 1 aromatic carbocycles. The molecule has 4 aliphatic rings. The number of nitrogens with one attached hydrogen (secondary N) is 2. The number of benzene rings is 1. The van der Waals surface area contributed by atoms with Crippen molar-refractivity contribution in [3.8, 4) is 11.6 Å². The maximum Gasteiger partial charge on any atom is 0.259 e. The van der Waals surface area contributed by atoms with Crippen LogP contribution in [0.15, 0.2) is 36.4 Å². The van der Waals surface area contributed by atoms with Gasteiger partial charge < -0.3 is 24.6 Å². The molecule has 6 rings (SSSR count). The zero-order valence-electron chi connectivity index (χ0n) is 29.4. The summed E-state index contributed by atoms with van der Waals surface area (Å²) < 4.78 is 52.3. The van der Waals surface area contributed by atoms with E-state index < -0.39 is 56.9 Å². The Hall–Kier alpha value is -3.94. The number of amides is 3. The van der Waals surface area contributed by atoms with Crippen LogP contribution < -0.4 is 24.4 Å². The number of aromatic nitrogens is 1. The van der Waals surface area contributed by atoms with E-state index in [2.05, 4.69) is 17.0 Å². The largest absolute Gasteiger partial charge is 0.497 e. The minimum atomic E-state index is -4.31. The Bertz CT molecular complexity index is 1800. The molecule has 6 atom stereocenters. The molecular formula is C36H48FN5O7S. The number of sulfonamides is 1. The number of fused-ring (bicyclic) bond motifs is 3. The van der Waals surface area contributed by atoms with Crippen molar-refractivity contribution in [2.45, 2.75) is 87.6 Å². The van der Waals surface area contributed by atoms with Gasteiger partial charge >= 0.3 is 0 Å². The van der Waals surface area contributed by atoms with Gasteiger partial charge in [-0.05, 0) is 80.0 Å². The quantitative estimate of drug-likeness (QED) is 0.389. The molecule has 1 aromatic heterocycles. The van der Waals surface area contributed by atoms with Gasteiger partial charge in [0, 0.05) is 38.2 Å². The minimum absolute atomic E-state index is 0.0774. The Morgan fingerprint density at radius 2 is 1.92 bits per heavy atom. The molecule has 272 valence electrons. The van der Waals surface area contributed by atoms with Crippen molar-refractivity contribution < 1.29 is 36.7 Å². The molecule has 0 spiro atoms. The molecule has 2 saturated carbocycles. The van der Waals surface area contributed by atoms with Crippen LogP contribution in [0.1, 0.15) is 65.2 Å². The van der Waals surface area contributed by atoms with Gasteiger partial charge in [-0.3, -0.25) is 19.1 Å². The van der Waals surface area contributed by atoms with Crippen LogP contribution in [0.4, 0.5) is 10.2 Å². The second-order valence-electron chi connectivity index (χ2n) is 15.0. The van der Waals surface area contributed by atoms with Gasteiger partial charge in [0.15, 0.2) is 0 Å². The Labute approximate surface area is 293 Å². The minimum Gasteiger partial charge on any atom is -0.497 e. The van der Waals surface area contributed by atoms with Crippen molar-refractivity contribution in [2.24, 2.45) is 17.8 Å². The topological polar surface area (TPSA) is 147 Å². The maximum atomic E-state index is 14.2. The average Bonchev–Trinajstić information content (AvgIpc) is 3.97. The highest BCUT2D eigenvalue weighted by Crippen LogP contribution is 2.48. The molecule has 3 fully saturated rings. The first-order valence-corrected chi connectivity index (χ1v) is 18.9. The van der Waals surface area contributed by atoms with Gasteiger partial charge in [0.25, 0.3) is 5.91 Å². The monoisotopic (exact) mass is 713 g/mol. The number of methoxy groups -OCH3 is 1. The SMILES string of the molecule is COc1ccc2c(O[C@@H]3C[C@H]4C(=O)N[C@]5(C(=O)NS(=O)(=O)C6(CF)CC6)C[C@H]5/C=C\CC[C@@H](C)C[C@@H](C)CC(=O)N4C3)nc(N(C)C)cc2c1. The second-order valence-corrected chi connectivity index (χ2v) is 17.1. The summed E-state index contributed by atoms with van der Waals surface area (Å²) in [4.78, 5) is 50.0. The van der Waals surface area contributed by atoms with Crippen molar-refractivity contribution in [3.63, 3.8) is 0 Å². The summed E-state index contributed by atoms with van der Waals surface area (Å²) in [5.74, 6) is -0.00862. The summed E-state index contributed by atoms with van der Waals surface area (Å²) in [7, 11) is 1.02. The summed E-state index contributed by atoms with van der Waals surface area (Å²) >= 11 is 0. The number of halogens is 1. The lowest BCUT2D eigenvalue weighted by molar-refractivity contribution is -0.140. The smallest absolute Gasteiger partial charge is 0.259 e. The molecular weight excluding hydrogens is 665 g/mol. The molecule has 14 heteroatoms. The van der Waals surface area contributed by atoms with E-state index in [4.69, 9.17) is 14.5 Å². The van der Waals surface area contributed by atoms with Crippen molar-refractivity contribution in [3.05, 3.63) is 36.4 Å². The van der Waals surface area contributed by atoms with E-state index in [0.29, 0.717) is 23.4 Å². The van der Waals surface area contributed by atoms with Crippen molar-refractivity contribution in [1.82, 2.24) is 19.9 Å². The number of ether oxygens (including phenoxy) is 2. The van der Waals surface area contributed by atoms with Crippen LogP contribution in [0.5, 0.6) is 11.6 Å². The molecule has 2 aliphatic heterocycles. The normalized spacial score (nSPS) is 30.2. The van der Waals surface area contributed by atoms with E-state index in [1.807, 2.05) is 62.3 Å². The van der Waals surface area contributed by atoms with Crippen LogP contribution in [-0.4, -0.2) is 92.9 Å². The zero-order chi connectivity index (χ0) is 36.0. The van der Waals surface area contributed by atoms with E-state index >= 15 is 0 Å². The van der Waals surface area contributed by atoms with E-state index in [9.17, 15) is 27.2 Å². The first kappa shape index (κ1) is 35.9. The van der Waals surface area contributed by atoms with Crippen LogP contribution in [0.3, 0.4) is 0 Å². The number of nitrogens with zero attached hydrogens (tertiary/aromatic N) is 3. The molecule has 0 bridgehead atoms. The van der Waals surface area contributed by atoms with Crippen molar-refractivity contribution in [2.75, 3.05) is 39.3 Å². The fourth-order valence-electron chi connectivity index (χ4n) is 7.37. The molecule has 3 amide bonds. The number of pyridine rings is 1. The molecule has 1 saturated heterocycles. The third kappa shape index (κ3) is 7.00. The maximum absolute atomic E-state index is 14.2. The number of anilines is 1. The Morgan fingerprint density at radius 1 is 1.16 bits per heavy atom. The van der Waals surface area contributed by atoms with E-state index in [1.165, 1.54) is 4.90 Å². The number of carbonyl (C=O) groups excluding carboxylic acids is 3. The van der Waals surface area contributed by atoms with Gasteiger partial charge in [0.05, 0.1) is 13.7 Å². The molecule has 12 nitrogen and oxygen atoms in total. The first-order valence-electron chi connectivity index (χ1n) is 17.4.